The minimum atomic E-state index is 0.340. The molecule has 1 heterocycles. The van der Waals surface area contributed by atoms with Crippen LogP contribution >= 0.6 is 23.2 Å². The molecule has 0 amide bonds. The van der Waals surface area contributed by atoms with Crippen LogP contribution in [0.15, 0.2) is 36.4 Å². The van der Waals surface area contributed by atoms with Crippen molar-refractivity contribution >= 4 is 23.2 Å². The van der Waals surface area contributed by atoms with E-state index in [9.17, 15) is 0 Å². The predicted molar refractivity (Wildman–Crippen MR) is 116 cm³/mol. The number of rotatable bonds is 9. The molecule has 0 unspecified atom stereocenters. The Labute approximate surface area is 177 Å². The Balaban J connectivity index is 1.64. The van der Waals surface area contributed by atoms with Crippen molar-refractivity contribution in [3.8, 4) is 11.5 Å². The van der Waals surface area contributed by atoms with Gasteiger partial charge in [-0.3, -0.25) is 0 Å². The van der Waals surface area contributed by atoms with Crippen LogP contribution in [0.25, 0.3) is 0 Å². The minimum Gasteiger partial charge on any atom is -0.490 e. The van der Waals surface area contributed by atoms with Crippen LogP contribution in [0.1, 0.15) is 30.9 Å². The summed E-state index contributed by atoms with van der Waals surface area (Å²) in [5.41, 5.74) is 2.00. The highest BCUT2D eigenvalue weighted by atomic mass is 35.5. The SMILES string of the molecule is CCOc1cc(CNCC2CCNCC2)cc(Cl)c1OCc1ccccc1Cl. The van der Waals surface area contributed by atoms with E-state index in [-0.39, 0.29) is 0 Å². The lowest BCUT2D eigenvalue weighted by Gasteiger charge is -2.23. The standard InChI is InChI=1S/C22H28Cl2N2O2/c1-2-27-21-12-17(14-26-13-16-7-9-25-10-8-16)11-20(24)22(21)28-15-18-5-3-4-6-19(18)23/h3-6,11-12,16,25-26H,2,7-10,13-15H2,1H3. The highest BCUT2D eigenvalue weighted by Gasteiger charge is 2.15. The number of ether oxygens (including phenoxy) is 2. The molecular formula is C22H28Cl2N2O2. The van der Waals surface area contributed by atoms with Crippen molar-refractivity contribution < 1.29 is 9.47 Å². The molecule has 0 aliphatic carbocycles. The quantitative estimate of drug-likeness (QED) is 0.592. The Hall–Kier alpha value is -1.46. The predicted octanol–water partition coefficient (Wildman–Crippen LogP) is 5.06. The molecule has 2 aromatic rings. The molecule has 1 fully saturated rings. The molecule has 1 aliphatic heterocycles. The first-order valence-electron chi connectivity index (χ1n) is 9.90. The van der Waals surface area contributed by atoms with Crippen LogP contribution in [0.2, 0.25) is 10.0 Å². The molecule has 0 radical (unpaired) electrons. The van der Waals surface area contributed by atoms with Crippen molar-refractivity contribution in [2.24, 2.45) is 5.92 Å². The number of hydrogen-bond donors (Lipinski definition) is 2. The van der Waals surface area contributed by atoms with E-state index in [2.05, 4.69) is 10.6 Å². The first-order chi connectivity index (χ1) is 13.7. The van der Waals surface area contributed by atoms with Gasteiger partial charge in [0.1, 0.15) is 6.61 Å². The van der Waals surface area contributed by atoms with Crippen molar-refractivity contribution in [3.63, 3.8) is 0 Å². The largest absolute Gasteiger partial charge is 0.490 e. The zero-order valence-electron chi connectivity index (χ0n) is 16.3. The summed E-state index contributed by atoms with van der Waals surface area (Å²) >= 11 is 12.8. The van der Waals surface area contributed by atoms with Crippen LogP contribution < -0.4 is 20.1 Å². The molecule has 6 heteroatoms. The summed E-state index contributed by atoms with van der Waals surface area (Å²) in [6.45, 7) is 6.85. The molecule has 152 valence electrons. The fourth-order valence-electron chi connectivity index (χ4n) is 3.40. The second-order valence-corrected chi connectivity index (χ2v) is 7.86. The monoisotopic (exact) mass is 422 g/mol. The Morgan fingerprint density at radius 3 is 2.61 bits per heavy atom. The zero-order valence-corrected chi connectivity index (χ0v) is 17.8. The first kappa shape index (κ1) is 21.3. The van der Waals surface area contributed by atoms with Gasteiger partial charge in [-0.15, -0.1) is 0 Å². The molecule has 0 spiro atoms. The van der Waals surface area contributed by atoms with Gasteiger partial charge in [-0.25, -0.2) is 0 Å². The Morgan fingerprint density at radius 2 is 1.86 bits per heavy atom. The van der Waals surface area contributed by atoms with Gasteiger partial charge in [0.05, 0.1) is 11.6 Å². The van der Waals surface area contributed by atoms with E-state index in [0.29, 0.717) is 34.8 Å². The van der Waals surface area contributed by atoms with Gasteiger partial charge in [-0.1, -0.05) is 41.4 Å². The third-order valence-corrected chi connectivity index (χ3v) is 5.57. The second-order valence-electron chi connectivity index (χ2n) is 7.04. The van der Waals surface area contributed by atoms with E-state index < -0.39 is 0 Å². The lowest BCUT2D eigenvalue weighted by atomic mass is 9.98. The fraction of sp³-hybridized carbons (Fsp3) is 0.455. The Kier molecular flexibility index (Phi) is 8.28. The van der Waals surface area contributed by atoms with Gasteiger partial charge in [0.15, 0.2) is 11.5 Å². The van der Waals surface area contributed by atoms with Crippen LogP contribution in [0.4, 0.5) is 0 Å². The summed E-state index contributed by atoms with van der Waals surface area (Å²) in [4.78, 5) is 0. The van der Waals surface area contributed by atoms with Crippen molar-refractivity contribution in [3.05, 3.63) is 57.6 Å². The lowest BCUT2D eigenvalue weighted by Crippen LogP contribution is -2.33. The van der Waals surface area contributed by atoms with Crippen molar-refractivity contribution in [1.29, 1.82) is 0 Å². The van der Waals surface area contributed by atoms with Crippen LogP contribution in [-0.2, 0) is 13.2 Å². The lowest BCUT2D eigenvalue weighted by molar-refractivity contribution is 0.269. The molecular weight excluding hydrogens is 395 g/mol. The van der Waals surface area contributed by atoms with Crippen molar-refractivity contribution in [1.82, 2.24) is 10.6 Å². The fourth-order valence-corrected chi connectivity index (χ4v) is 3.88. The minimum absolute atomic E-state index is 0.340. The Bertz CT molecular complexity index is 764. The number of halogens is 2. The molecule has 0 aromatic heterocycles. The number of piperidine rings is 1. The van der Waals surface area contributed by atoms with E-state index in [1.165, 1.54) is 12.8 Å². The van der Waals surface area contributed by atoms with Gasteiger partial charge in [0, 0.05) is 17.1 Å². The van der Waals surface area contributed by atoms with Gasteiger partial charge in [0.25, 0.3) is 0 Å². The smallest absolute Gasteiger partial charge is 0.180 e. The molecule has 3 rings (SSSR count). The van der Waals surface area contributed by atoms with Crippen molar-refractivity contribution in [2.75, 3.05) is 26.2 Å². The van der Waals surface area contributed by atoms with Crippen molar-refractivity contribution in [2.45, 2.75) is 32.9 Å². The molecule has 0 saturated carbocycles. The second kappa shape index (κ2) is 10.9. The molecule has 1 saturated heterocycles. The third kappa shape index (κ3) is 6.02. The maximum absolute atomic E-state index is 6.53. The molecule has 0 bridgehead atoms. The van der Waals surface area contributed by atoms with Gasteiger partial charge in [-0.05, 0) is 69.1 Å². The van der Waals surface area contributed by atoms with Gasteiger partial charge < -0.3 is 20.1 Å². The number of benzene rings is 2. The van der Waals surface area contributed by atoms with Crippen LogP contribution in [0, 0.1) is 5.92 Å². The van der Waals surface area contributed by atoms with E-state index in [4.69, 9.17) is 32.7 Å². The Morgan fingerprint density at radius 1 is 1.07 bits per heavy atom. The summed E-state index contributed by atoms with van der Waals surface area (Å²) in [6.07, 6.45) is 2.46. The maximum atomic E-state index is 6.53. The van der Waals surface area contributed by atoms with E-state index in [1.54, 1.807) is 0 Å². The van der Waals surface area contributed by atoms with Gasteiger partial charge in [0.2, 0.25) is 0 Å². The average molecular weight is 423 g/mol. The van der Waals surface area contributed by atoms with Crippen LogP contribution in [0.3, 0.4) is 0 Å². The van der Waals surface area contributed by atoms with Crippen LogP contribution in [-0.4, -0.2) is 26.2 Å². The summed E-state index contributed by atoms with van der Waals surface area (Å²) in [5, 5.41) is 8.18. The van der Waals surface area contributed by atoms with Gasteiger partial charge in [-0.2, -0.15) is 0 Å². The third-order valence-electron chi connectivity index (χ3n) is 4.92. The summed E-state index contributed by atoms with van der Waals surface area (Å²) < 4.78 is 11.8. The molecule has 2 aromatic carbocycles. The highest BCUT2D eigenvalue weighted by molar-refractivity contribution is 6.32. The van der Waals surface area contributed by atoms with Crippen LogP contribution in [0.5, 0.6) is 11.5 Å². The van der Waals surface area contributed by atoms with E-state index in [0.717, 1.165) is 43.2 Å². The highest BCUT2D eigenvalue weighted by Crippen LogP contribution is 2.37. The first-order valence-corrected chi connectivity index (χ1v) is 10.7. The number of hydrogen-bond acceptors (Lipinski definition) is 4. The molecule has 28 heavy (non-hydrogen) atoms. The maximum Gasteiger partial charge on any atom is 0.180 e. The van der Waals surface area contributed by atoms with E-state index in [1.807, 2.05) is 43.3 Å². The molecule has 2 N–H and O–H groups in total. The average Bonchev–Trinajstić information content (AvgIpc) is 2.70. The molecule has 1 aliphatic rings. The van der Waals surface area contributed by atoms with E-state index >= 15 is 0 Å². The summed E-state index contributed by atoms with van der Waals surface area (Å²) in [7, 11) is 0. The van der Waals surface area contributed by atoms with Gasteiger partial charge >= 0.3 is 0 Å². The number of nitrogens with one attached hydrogen (secondary N) is 2. The zero-order chi connectivity index (χ0) is 19.8. The summed E-state index contributed by atoms with van der Waals surface area (Å²) in [6, 6.07) is 11.6. The topological polar surface area (TPSA) is 42.5 Å². The molecule has 0 atom stereocenters. The molecule has 4 nitrogen and oxygen atoms in total. The normalized spacial score (nSPS) is 14.8. The summed E-state index contributed by atoms with van der Waals surface area (Å²) in [5.74, 6) is 1.97.